The minimum absolute atomic E-state index is 0.00418. The summed E-state index contributed by atoms with van der Waals surface area (Å²) in [4.78, 5) is 23.9. The molecule has 0 spiro atoms. The average molecular weight is 488 g/mol. The zero-order valence-corrected chi connectivity index (χ0v) is 22.1. The van der Waals surface area contributed by atoms with Crippen LogP contribution >= 0.6 is 11.6 Å². The molecule has 1 aliphatic rings. The van der Waals surface area contributed by atoms with Crippen LogP contribution in [0.3, 0.4) is 0 Å². The van der Waals surface area contributed by atoms with Crippen LogP contribution in [0.15, 0.2) is 29.0 Å². The van der Waals surface area contributed by atoms with Gasteiger partial charge in [0.15, 0.2) is 9.04 Å². The maximum atomic E-state index is 13.0. The van der Waals surface area contributed by atoms with Crippen molar-refractivity contribution < 1.29 is 13.7 Å². The van der Waals surface area contributed by atoms with Gasteiger partial charge in [0.2, 0.25) is 5.82 Å². The Morgan fingerprint density at radius 3 is 2.64 bits per heavy atom. The number of benzene rings is 1. The van der Waals surface area contributed by atoms with Gasteiger partial charge in [-0.1, -0.05) is 43.6 Å². The van der Waals surface area contributed by atoms with E-state index in [1.165, 1.54) is 0 Å². The number of hydrogen-bond donors (Lipinski definition) is 0. The standard InChI is InChI=1S/C23H30ClN5O3Si/c1-22(2,3)12-23(4,32-33(6)7)21-26-19(27-31-21)18-16-11-28(5)20(30)17-14(24)9-8-10-15(17)29(16)13-25-18/h8-10,13,33H,11-12H2,1-7H3. The first-order chi connectivity index (χ1) is 15.4. The Morgan fingerprint density at radius 2 is 1.97 bits per heavy atom. The van der Waals surface area contributed by atoms with E-state index in [2.05, 4.69) is 44.0 Å². The lowest BCUT2D eigenvalue weighted by Crippen LogP contribution is -2.35. The first-order valence-electron chi connectivity index (χ1n) is 11.0. The van der Waals surface area contributed by atoms with Crippen molar-refractivity contribution in [1.82, 2.24) is 24.6 Å². The molecule has 0 saturated heterocycles. The summed E-state index contributed by atoms with van der Waals surface area (Å²) in [6.45, 7) is 13.1. The average Bonchev–Trinajstić information content (AvgIpc) is 3.30. The molecule has 1 aliphatic heterocycles. The van der Waals surface area contributed by atoms with Gasteiger partial charge in [0.25, 0.3) is 11.8 Å². The Bertz CT molecular complexity index is 1200. The van der Waals surface area contributed by atoms with Crippen LogP contribution in [0.1, 0.15) is 56.1 Å². The molecule has 176 valence electrons. The van der Waals surface area contributed by atoms with E-state index >= 15 is 0 Å². The van der Waals surface area contributed by atoms with E-state index in [0.29, 0.717) is 40.2 Å². The summed E-state index contributed by atoms with van der Waals surface area (Å²) in [5, 5.41) is 4.67. The predicted molar refractivity (Wildman–Crippen MR) is 129 cm³/mol. The fourth-order valence-corrected chi connectivity index (χ4v) is 6.04. The Balaban J connectivity index is 1.79. The lowest BCUT2D eigenvalue weighted by molar-refractivity contribution is 0.00979. The molecule has 1 amide bonds. The number of carbonyl (C=O) groups excluding carboxylic acids is 1. The Kier molecular flexibility index (Phi) is 6.00. The molecule has 0 bridgehead atoms. The minimum atomic E-state index is -1.40. The normalized spacial score (nSPS) is 15.9. The van der Waals surface area contributed by atoms with Crippen molar-refractivity contribution in [1.29, 1.82) is 0 Å². The molecule has 1 unspecified atom stereocenters. The van der Waals surface area contributed by atoms with Crippen LogP contribution in [0, 0.1) is 5.41 Å². The van der Waals surface area contributed by atoms with Crippen LogP contribution in [0.5, 0.6) is 0 Å². The number of carbonyl (C=O) groups is 1. The predicted octanol–water partition coefficient (Wildman–Crippen LogP) is 4.81. The van der Waals surface area contributed by atoms with E-state index < -0.39 is 14.6 Å². The fourth-order valence-electron chi connectivity index (χ4n) is 4.57. The summed E-state index contributed by atoms with van der Waals surface area (Å²) in [7, 11) is 0.346. The molecule has 33 heavy (non-hydrogen) atoms. The second-order valence-corrected chi connectivity index (χ2v) is 13.0. The molecule has 8 nitrogen and oxygen atoms in total. The molecule has 10 heteroatoms. The fraction of sp³-hybridized carbons (Fsp3) is 0.478. The molecule has 0 aliphatic carbocycles. The van der Waals surface area contributed by atoms with Gasteiger partial charge < -0.3 is 13.8 Å². The van der Waals surface area contributed by atoms with Gasteiger partial charge in [-0.15, -0.1) is 0 Å². The highest BCUT2D eigenvalue weighted by Gasteiger charge is 2.39. The molecule has 0 N–H and O–H groups in total. The zero-order valence-electron chi connectivity index (χ0n) is 20.1. The van der Waals surface area contributed by atoms with E-state index in [-0.39, 0.29) is 11.3 Å². The maximum Gasteiger partial charge on any atom is 0.257 e. The number of imidazole rings is 1. The summed E-state index contributed by atoms with van der Waals surface area (Å²) in [5.41, 5.74) is 1.80. The first-order valence-corrected chi connectivity index (χ1v) is 14.2. The van der Waals surface area contributed by atoms with Gasteiger partial charge in [0.05, 0.1) is 28.5 Å². The monoisotopic (exact) mass is 487 g/mol. The number of hydrogen-bond acceptors (Lipinski definition) is 6. The number of rotatable bonds is 5. The number of nitrogens with zero attached hydrogens (tertiary/aromatic N) is 5. The second kappa shape index (κ2) is 8.38. The van der Waals surface area contributed by atoms with Crippen LogP contribution in [-0.4, -0.2) is 46.6 Å². The molecule has 1 aromatic carbocycles. The van der Waals surface area contributed by atoms with Crippen LogP contribution in [-0.2, 0) is 16.6 Å². The molecule has 1 atom stereocenters. The van der Waals surface area contributed by atoms with E-state index in [1.807, 2.05) is 23.6 Å². The third-order valence-corrected chi connectivity index (χ3v) is 6.83. The molecular formula is C23H30ClN5O3Si. The van der Waals surface area contributed by atoms with Gasteiger partial charge in [0.1, 0.15) is 17.6 Å². The third-order valence-electron chi connectivity index (χ3n) is 5.52. The number of halogens is 1. The van der Waals surface area contributed by atoms with Crippen molar-refractivity contribution >= 4 is 26.5 Å². The lowest BCUT2D eigenvalue weighted by Gasteiger charge is -2.34. The summed E-state index contributed by atoms with van der Waals surface area (Å²) in [6, 6.07) is 5.39. The molecular weight excluding hydrogens is 458 g/mol. The molecule has 0 saturated carbocycles. The van der Waals surface area contributed by atoms with Crippen LogP contribution in [0.25, 0.3) is 17.2 Å². The number of fused-ring (bicyclic) bond motifs is 3. The molecule has 0 radical (unpaired) electrons. The van der Waals surface area contributed by atoms with E-state index in [9.17, 15) is 4.79 Å². The Labute approximate surface area is 200 Å². The quantitative estimate of drug-likeness (QED) is 0.480. The van der Waals surface area contributed by atoms with Crippen molar-refractivity contribution in [3.05, 3.63) is 46.7 Å². The maximum absolute atomic E-state index is 13.0. The van der Waals surface area contributed by atoms with Crippen molar-refractivity contribution in [2.75, 3.05) is 7.05 Å². The number of amides is 1. The SMILES string of the molecule is CN1Cc2c(-c3noc(C(C)(CC(C)(C)C)O[SiH](C)C)n3)ncn2-c2cccc(Cl)c2C1=O. The van der Waals surface area contributed by atoms with Gasteiger partial charge in [0, 0.05) is 7.05 Å². The highest BCUT2D eigenvalue weighted by Crippen LogP contribution is 2.39. The van der Waals surface area contributed by atoms with Gasteiger partial charge in [-0.2, -0.15) is 4.98 Å². The number of aromatic nitrogens is 4. The van der Waals surface area contributed by atoms with Gasteiger partial charge in [-0.3, -0.25) is 9.36 Å². The second-order valence-electron chi connectivity index (χ2n) is 10.3. The largest absolute Gasteiger partial charge is 0.407 e. The summed E-state index contributed by atoms with van der Waals surface area (Å²) < 4.78 is 14.0. The highest BCUT2D eigenvalue weighted by atomic mass is 35.5. The van der Waals surface area contributed by atoms with E-state index in [1.54, 1.807) is 24.3 Å². The minimum Gasteiger partial charge on any atom is -0.407 e. The molecule has 3 heterocycles. The zero-order chi connectivity index (χ0) is 24.1. The molecule has 2 aromatic heterocycles. The molecule has 4 rings (SSSR count). The molecule has 3 aromatic rings. The van der Waals surface area contributed by atoms with Crippen LogP contribution in [0.4, 0.5) is 0 Å². The van der Waals surface area contributed by atoms with Crippen LogP contribution in [0.2, 0.25) is 18.1 Å². The van der Waals surface area contributed by atoms with Crippen molar-refractivity contribution in [3.8, 4) is 17.2 Å². The van der Waals surface area contributed by atoms with Crippen LogP contribution < -0.4 is 0 Å². The third kappa shape index (κ3) is 4.49. The summed E-state index contributed by atoms with van der Waals surface area (Å²) in [6.07, 6.45) is 2.41. The van der Waals surface area contributed by atoms with Gasteiger partial charge in [-0.25, -0.2) is 4.98 Å². The summed E-state index contributed by atoms with van der Waals surface area (Å²) in [5.74, 6) is 0.670. The van der Waals surface area contributed by atoms with E-state index in [4.69, 9.17) is 25.5 Å². The van der Waals surface area contributed by atoms with E-state index in [0.717, 1.165) is 12.1 Å². The van der Waals surface area contributed by atoms with Crippen molar-refractivity contribution in [2.45, 2.75) is 59.4 Å². The smallest absolute Gasteiger partial charge is 0.257 e. The Hall–Kier alpha value is -2.49. The first kappa shape index (κ1) is 23.7. The van der Waals surface area contributed by atoms with Gasteiger partial charge in [-0.05, 0) is 44.0 Å². The Morgan fingerprint density at radius 1 is 1.24 bits per heavy atom. The van der Waals surface area contributed by atoms with Crippen molar-refractivity contribution in [2.24, 2.45) is 5.41 Å². The van der Waals surface area contributed by atoms with Crippen molar-refractivity contribution in [3.63, 3.8) is 0 Å². The van der Waals surface area contributed by atoms with Gasteiger partial charge >= 0.3 is 0 Å². The summed E-state index contributed by atoms with van der Waals surface area (Å²) >= 11 is 6.38. The lowest BCUT2D eigenvalue weighted by atomic mass is 9.83. The topological polar surface area (TPSA) is 86.3 Å². The highest BCUT2D eigenvalue weighted by molar-refractivity contribution is 6.48. The molecule has 0 fully saturated rings.